The Hall–Kier alpha value is -3.67. The molecule has 4 aromatic rings. The van der Waals surface area contributed by atoms with Gasteiger partial charge in [-0.05, 0) is 48.0 Å². The average molecular weight is 376 g/mol. The molecule has 0 aliphatic heterocycles. The van der Waals surface area contributed by atoms with E-state index in [9.17, 15) is 0 Å². The summed E-state index contributed by atoms with van der Waals surface area (Å²) in [7, 11) is 4.76. The SMILES string of the molecule is COc1cc(-c2cccc3nc(-c4ccc(N)cc4)oc23)cc(OC)c1OC. The number of oxazole rings is 1. The summed E-state index contributed by atoms with van der Waals surface area (Å²) in [6, 6.07) is 17.0. The number of anilines is 1. The van der Waals surface area contributed by atoms with Crippen molar-refractivity contribution in [3.05, 3.63) is 54.6 Å². The molecule has 6 heteroatoms. The number of nitrogens with two attached hydrogens (primary N) is 1. The minimum Gasteiger partial charge on any atom is -0.493 e. The summed E-state index contributed by atoms with van der Waals surface area (Å²) >= 11 is 0. The average Bonchev–Trinajstić information content (AvgIpc) is 3.17. The van der Waals surface area contributed by atoms with Gasteiger partial charge < -0.3 is 24.4 Å². The summed E-state index contributed by atoms with van der Waals surface area (Å²) in [5, 5.41) is 0. The van der Waals surface area contributed by atoms with Gasteiger partial charge >= 0.3 is 0 Å². The summed E-state index contributed by atoms with van der Waals surface area (Å²) < 4.78 is 22.5. The smallest absolute Gasteiger partial charge is 0.227 e. The molecule has 0 saturated heterocycles. The highest BCUT2D eigenvalue weighted by Crippen LogP contribution is 2.43. The molecular weight excluding hydrogens is 356 g/mol. The molecule has 4 rings (SSSR count). The second kappa shape index (κ2) is 7.15. The van der Waals surface area contributed by atoms with E-state index in [4.69, 9.17) is 24.4 Å². The maximum absolute atomic E-state index is 6.12. The zero-order chi connectivity index (χ0) is 19.7. The second-order valence-corrected chi connectivity index (χ2v) is 6.21. The zero-order valence-corrected chi connectivity index (χ0v) is 15.9. The summed E-state index contributed by atoms with van der Waals surface area (Å²) in [5.41, 5.74) is 10.5. The highest BCUT2D eigenvalue weighted by atomic mass is 16.5. The molecule has 2 N–H and O–H groups in total. The van der Waals surface area contributed by atoms with E-state index in [0.29, 0.717) is 34.4 Å². The molecule has 0 saturated carbocycles. The molecule has 0 unspecified atom stereocenters. The lowest BCUT2D eigenvalue weighted by Crippen LogP contribution is -1.95. The summed E-state index contributed by atoms with van der Waals surface area (Å²) in [6.45, 7) is 0. The topological polar surface area (TPSA) is 79.7 Å². The fraction of sp³-hybridized carbons (Fsp3) is 0.136. The van der Waals surface area contributed by atoms with Gasteiger partial charge in [0.25, 0.3) is 0 Å². The molecule has 6 nitrogen and oxygen atoms in total. The molecule has 28 heavy (non-hydrogen) atoms. The number of nitrogens with zero attached hydrogens (tertiary/aromatic N) is 1. The van der Waals surface area contributed by atoms with Gasteiger partial charge in [-0.25, -0.2) is 4.98 Å². The van der Waals surface area contributed by atoms with Gasteiger partial charge in [0.2, 0.25) is 11.6 Å². The van der Waals surface area contributed by atoms with Crippen molar-refractivity contribution in [2.45, 2.75) is 0 Å². The van der Waals surface area contributed by atoms with Gasteiger partial charge in [0, 0.05) is 16.8 Å². The van der Waals surface area contributed by atoms with Crippen LogP contribution in [0.2, 0.25) is 0 Å². The number of ether oxygens (including phenoxy) is 3. The van der Waals surface area contributed by atoms with Gasteiger partial charge in [-0.15, -0.1) is 0 Å². The molecule has 1 aromatic heterocycles. The molecule has 0 aliphatic rings. The van der Waals surface area contributed by atoms with Crippen LogP contribution in [0.1, 0.15) is 0 Å². The maximum atomic E-state index is 6.12. The number of benzene rings is 3. The summed E-state index contributed by atoms with van der Waals surface area (Å²) in [5.74, 6) is 2.23. The first-order valence-electron chi connectivity index (χ1n) is 8.70. The van der Waals surface area contributed by atoms with Crippen LogP contribution in [0.15, 0.2) is 59.0 Å². The molecule has 0 atom stereocenters. The lowest BCUT2D eigenvalue weighted by atomic mass is 10.0. The van der Waals surface area contributed by atoms with Crippen LogP contribution in [0, 0.1) is 0 Å². The van der Waals surface area contributed by atoms with Crippen LogP contribution in [-0.4, -0.2) is 26.3 Å². The Kier molecular flexibility index (Phi) is 4.53. The van der Waals surface area contributed by atoms with Crippen molar-refractivity contribution in [2.75, 3.05) is 27.1 Å². The number of methoxy groups -OCH3 is 3. The Morgan fingerprint density at radius 1 is 0.821 bits per heavy atom. The first-order valence-corrected chi connectivity index (χ1v) is 8.70. The fourth-order valence-corrected chi connectivity index (χ4v) is 3.16. The number of hydrogen-bond acceptors (Lipinski definition) is 6. The standard InChI is InChI=1S/C22H20N2O4/c1-25-18-11-14(12-19(26-2)21(18)27-3)16-5-4-6-17-20(16)28-22(24-17)13-7-9-15(23)10-8-13/h4-12H,23H2,1-3H3. The molecule has 0 spiro atoms. The van der Waals surface area contributed by atoms with E-state index >= 15 is 0 Å². The van der Waals surface area contributed by atoms with Crippen molar-refractivity contribution < 1.29 is 18.6 Å². The third-order valence-electron chi connectivity index (χ3n) is 4.55. The number of para-hydroxylation sites is 1. The normalized spacial score (nSPS) is 10.8. The highest BCUT2D eigenvalue weighted by molar-refractivity contribution is 5.92. The van der Waals surface area contributed by atoms with Gasteiger partial charge in [0.1, 0.15) is 5.52 Å². The van der Waals surface area contributed by atoms with Crippen LogP contribution in [0.3, 0.4) is 0 Å². The Balaban J connectivity index is 1.89. The van der Waals surface area contributed by atoms with Crippen molar-refractivity contribution in [1.29, 1.82) is 0 Å². The lowest BCUT2D eigenvalue weighted by molar-refractivity contribution is 0.324. The number of rotatable bonds is 5. The molecule has 0 aliphatic carbocycles. The minimum atomic E-state index is 0.537. The summed E-state index contributed by atoms with van der Waals surface area (Å²) in [4.78, 5) is 4.62. The van der Waals surface area contributed by atoms with Crippen molar-refractivity contribution >= 4 is 16.8 Å². The number of nitrogen functional groups attached to an aromatic ring is 1. The van der Waals surface area contributed by atoms with Crippen molar-refractivity contribution in [3.63, 3.8) is 0 Å². The second-order valence-electron chi connectivity index (χ2n) is 6.21. The zero-order valence-electron chi connectivity index (χ0n) is 15.9. The third-order valence-corrected chi connectivity index (χ3v) is 4.55. The number of aromatic nitrogens is 1. The Morgan fingerprint density at radius 2 is 1.50 bits per heavy atom. The van der Waals surface area contributed by atoms with Crippen molar-refractivity contribution in [3.8, 4) is 39.8 Å². The molecule has 0 bridgehead atoms. The number of hydrogen-bond donors (Lipinski definition) is 1. The molecule has 142 valence electrons. The third kappa shape index (κ3) is 2.99. The minimum absolute atomic E-state index is 0.537. The van der Waals surface area contributed by atoms with Crippen LogP contribution >= 0.6 is 0 Å². The molecular formula is C22H20N2O4. The van der Waals surface area contributed by atoms with E-state index in [1.807, 2.05) is 54.6 Å². The van der Waals surface area contributed by atoms with Crippen molar-refractivity contribution in [1.82, 2.24) is 4.98 Å². The summed E-state index contributed by atoms with van der Waals surface area (Å²) in [6.07, 6.45) is 0. The van der Waals surface area contributed by atoms with Crippen LogP contribution in [-0.2, 0) is 0 Å². The Morgan fingerprint density at radius 3 is 2.11 bits per heavy atom. The molecule has 1 heterocycles. The van der Waals surface area contributed by atoms with Gasteiger partial charge in [-0.3, -0.25) is 0 Å². The van der Waals surface area contributed by atoms with Crippen LogP contribution in [0.5, 0.6) is 17.2 Å². The molecule has 3 aromatic carbocycles. The van der Waals surface area contributed by atoms with E-state index in [1.165, 1.54) is 0 Å². The van der Waals surface area contributed by atoms with Gasteiger partial charge in [-0.2, -0.15) is 0 Å². The largest absolute Gasteiger partial charge is 0.493 e. The molecule has 0 amide bonds. The van der Waals surface area contributed by atoms with E-state index < -0.39 is 0 Å². The van der Waals surface area contributed by atoms with Crippen molar-refractivity contribution in [2.24, 2.45) is 0 Å². The predicted octanol–water partition coefficient (Wildman–Crippen LogP) is 4.77. The van der Waals surface area contributed by atoms with E-state index in [-0.39, 0.29) is 0 Å². The molecule has 0 radical (unpaired) electrons. The maximum Gasteiger partial charge on any atom is 0.227 e. The number of fused-ring (bicyclic) bond motifs is 1. The lowest BCUT2D eigenvalue weighted by Gasteiger charge is -2.14. The first-order chi connectivity index (χ1) is 13.6. The molecule has 0 fully saturated rings. The van der Waals surface area contributed by atoms with E-state index in [0.717, 1.165) is 22.2 Å². The fourth-order valence-electron chi connectivity index (χ4n) is 3.16. The Labute approximate surface area is 162 Å². The predicted molar refractivity (Wildman–Crippen MR) is 109 cm³/mol. The quantitative estimate of drug-likeness (QED) is 0.506. The monoisotopic (exact) mass is 376 g/mol. The van der Waals surface area contributed by atoms with Gasteiger partial charge in [-0.1, -0.05) is 12.1 Å². The van der Waals surface area contributed by atoms with Crippen LogP contribution < -0.4 is 19.9 Å². The van der Waals surface area contributed by atoms with Gasteiger partial charge in [0.05, 0.1) is 21.3 Å². The van der Waals surface area contributed by atoms with Gasteiger partial charge in [0.15, 0.2) is 17.1 Å². The Bertz CT molecular complexity index is 1110. The van der Waals surface area contributed by atoms with Crippen LogP contribution in [0.4, 0.5) is 5.69 Å². The highest BCUT2D eigenvalue weighted by Gasteiger charge is 2.18. The van der Waals surface area contributed by atoms with E-state index in [1.54, 1.807) is 21.3 Å². The van der Waals surface area contributed by atoms with Crippen LogP contribution in [0.25, 0.3) is 33.7 Å². The first kappa shape index (κ1) is 17.7. The van der Waals surface area contributed by atoms with E-state index in [2.05, 4.69) is 4.98 Å².